The summed E-state index contributed by atoms with van der Waals surface area (Å²) in [5, 5.41) is 5.60. The van der Waals surface area contributed by atoms with Crippen molar-refractivity contribution >= 4 is 23.2 Å². The highest BCUT2D eigenvalue weighted by Crippen LogP contribution is 2.24. The van der Waals surface area contributed by atoms with Crippen LogP contribution in [0.3, 0.4) is 0 Å². The van der Waals surface area contributed by atoms with E-state index in [2.05, 4.69) is 10.6 Å². The van der Waals surface area contributed by atoms with E-state index in [1.165, 1.54) is 6.92 Å². The van der Waals surface area contributed by atoms with Crippen molar-refractivity contribution in [2.75, 3.05) is 17.7 Å². The third-order valence-corrected chi connectivity index (χ3v) is 4.47. The van der Waals surface area contributed by atoms with Crippen molar-refractivity contribution in [1.82, 2.24) is 4.57 Å². The van der Waals surface area contributed by atoms with E-state index in [0.717, 1.165) is 22.8 Å². The summed E-state index contributed by atoms with van der Waals surface area (Å²) < 4.78 is 7.24. The number of anilines is 2. The van der Waals surface area contributed by atoms with Crippen LogP contribution in [0, 0.1) is 13.8 Å². The van der Waals surface area contributed by atoms with Gasteiger partial charge in [0.05, 0.1) is 12.7 Å². The van der Waals surface area contributed by atoms with Gasteiger partial charge in [-0.3, -0.25) is 9.59 Å². The highest BCUT2D eigenvalue weighted by molar-refractivity contribution is 6.05. The first kappa shape index (κ1) is 19.2. The van der Waals surface area contributed by atoms with Gasteiger partial charge >= 0.3 is 0 Å². The lowest BCUT2D eigenvalue weighted by Gasteiger charge is -2.11. The monoisotopic (exact) mass is 377 g/mol. The van der Waals surface area contributed by atoms with Crippen LogP contribution >= 0.6 is 0 Å². The summed E-state index contributed by atoms with van der Waals surface area (Å²) >= 11 is 0. The van der Waals surface area contributed by atoms with E-state index in [1.807, 2.05) is 48.7 Å². The van der Waals surface area contributed by atoms with E-state index in [-0.39, 0.29) is 11.8 Å². The third-order valence-electron chi connectivity index (χ3n) is 4.47. The number of aryl methyl sites for hydroxylation is 1. The fourth-order valence-electron chi connectivity index (χ4n) is 3.16. The molecule has 2 amide bonds. The number of benzene rings is 2. The molecule has 0 saturated heterocycles. The number of methoxy groups -OCH3 is 1. The molecule has 28 heavy (non-hydrogen) atoms. The number of carbonyl (C=O) groups is 2. The summed E-state index contributed by atoms with van der Waals surface area (Å²) in [4.78, 5) is 23.9. The smallest absolute Gasteiger partial charge is 0.257 e. The van der Waals surface area contributed by atoms with Crippen LogP contribution in [0.1, 0.15) is 28.7 Å². The average Bonchev–Trinajstić information content (AvgIpc) is 2.97. The minimum absolute atomic E-state index is 0.136. The molecule has 6 heteroatoms. The molecule has 0 spiro atoms. The number of hydrogen-bond acceptors (Lipinski definition) is 3. The van der Waals surface area contributed by atoms with Crippen molar-refractivity contribution in [2.45, 2.75) is 20.8 Å². The van der Waals surface area contributed by atoms with Crippen molar-refractivity contribution in [1.29, 1.82) is 0 Å². The van der Waals surface area contributed by atoms with Gasteiger partial charge in [-0.05, 0) is 68.4 Å². The van der Waals surface area contributed by atoms with Gasteiger partial charge in [-0.25, -0.2) is 0 Å². The van der Waals surface area contributed by atoms with Gasteiger partial charge in [0.2, 0.25) is 5.91 Å². The number of hydrogen-bond donors (Lipinski definition) is 2. The van der Waals surface area contributed by atoms with Crippen molar-refractivity contribution in [3.8, 4) is 11.4 Å². The van der Waals surface area contributed by atoms with Crippen molar-refractivity contribution in [2.24, 2.45) is 0 Å². The molecule has 2 aromatic carbocycles. The molecule has 1 aromatic heterocycles. The Labute approximate surface area is 164 Å². The second kappa shape index (κ2) is 8.00. The summed E-state index contributed by atoms with van der Waals surface area (Å²) in [6.45, 7) is 5.34. The topological polar surface area (TPSA) is 72.4 Å². The Kier molecular flexibility index (Phi) is 5.49. The Hall–Kier alpha value is -3.54. The van der Waals surface area contributed by atoms with Crippen LogP contribution < -0.4 is 15.4 Å². The lowest BCUT2D eigenvalue weighted by molar-refractivity contribution is -0.114. The predicted octanol–water partition coefficient (Wildman–Crippen LogP) is 4.31. The first-order chi connectivity index (χ1) is 13.4. The van der Waals surface area contributed by atoms with Gasteiger partial charge < -0.3 is 19.9 Å². The Balaban J connectivity index is 1.81. The maximum atomic E-state index is 12.8. The molecular formula is C22H23N3O3. The minimum atomic E-state index is -0.180. The molecule has 0 aliphatic heterocycles. The van der Waals surface area contributed by atoms with Gasteiger partial charge in [0, 0.05) is 35.4 Å². The number of aromatic nitrogens is 1. The van der Waals surface area contributed by atoms with Crippen LogP contribution in [0.15, 0.2) is 54.6 Å². The number of carbonyl (C=O) groups excluding carboxylic acids is 2. The molecule has 0 aliphatic carbocycles. The molecule has 2 N–H and O–H groups in total. The molecule has 1 heterocycles. The zero-order chi connectivity index (χ0) is 20.3. The van der Waals surface area contributed by atoms with E-state index in [4.69, 9.17) is 4.74 Å². The SMILES string of the molecule is COc1ccc(-n2c(C)cc(C(=O)Nc3ccc(NC(C)=O)cc3)c2C)cc1. The molecule has 6 nitrogen and oxygen atoms in total. The Bertz CT molecular complexity index is 1000. The van der Waals surface area contributed by atoms with E-state index in [0.29, 0.717) is 16.9 Å². The predicted molar refractivity (Wildman–Crippen MR) is 110 cm³/mol. The van der Waals surface area contributed by atoms with Crippen molar-refractivity contribution in [3.05, 3.63) is 71.5 Å². The summed E-state index contributed by atoms with van der Waals surface area (Å²) in [7, 11) is 1.63. The number of ether oxygens (including phenoxy) is 1. The normalized spacial score (nSPS) is 10.4. The lowest BCUT2D eigenvalue weighted by Crippen LogP contribution is -2.13. The van der Waals surface area contributed by atoms with Crippen molar-refractivity contribution in [3.63, 3.8) is 0 Å². The second-order valence-corrected chi connectivity index (χ2v) is 6.53. The minimum Gasteiger partial charge on any atom is -0.497 e. The van der Waals surface area contributed by atoms with Gasteiger partial charge in [0.15, 0.2) is 0 Å². The fourth-order valence-corrected chi connectivity index (χ4v) is 3.16. The first-order valence-electron chi connectivity index (χ1n) is 8.91. The van der Waals surface area contributed by atoms with Crippen LogP contribution in [-0.2, 0) is 4.79 Å². The number of rotatable bonds is 5. The maximum Gasteiger partial charge on any atom is 0.257 e. The number of nitrogens with one attached hydrogen (secondary N) is 2. The number of nitrogens with zero attached hydrogens (tertiary/aromatic N) is 1. The molecule has 0 bridgehead atoms. The summed E-state index contributed by atoms with van der Waals surface area (Å²) in [5.74, 6) is 0.467. The lowest BCUT2D eigenvalue weighted by atomic mass is 10.2. The molecule has 0 atom stereocenters. The molecular weight excluding hydrogens is 354 g/mol. The van der Waals surface area contributed by atoms with Crippen molar-refractivity contribution < 1.29 is 14.3 Å². The first-order valence-corrected chi connectivity index (χ1v) is 8.91. The molecule has 0 unspecified atom stereocenters. The van der Waals surface area contributed by atoms with Gasteiger partial charge in [-0.1, -0.05) is 0 Å². The quantitative estimate of drug-likeness (QED) is 0.696. The molecule has 0 saturated carbocycles. The molecule has 0 aliphatic rings. The molecule has 3 rings (SSSR count). The highest BCUT2D eigenvalue weighted by Gasteiger charge is 2.17. The Morgan fingerprint density at radius 2 is 1.46 bits per heavy atom. The fraction of sp³-hybridized carbons (Fsp3) is 0.182. The summed E-state index contributed by atoms with van der Waals surface area (Å²) in [6, 6.07) is 16.6. The van der Waals surface area contributed by atoms with Gasteiger partial charge in [0.25, 0.3) is 5.91 Å². The highest BCUT2D eigenvalue weighted by atomic mass is 16.5. The zero-order valence-electron chi connectivity index (χ0n) is 16.4. The van der Waals surface area contributed by atoms with E-state index in [9.17, 15) is 9.59 Å². The maximum absolute atomic E-state index is 12.8. The van der Waals surface area contributed by atoms with E-state index < -0.39 is 0 Å². The Morgan fingerprint density at radius 3 is 2.00 bits per heavy atom. The van der Waals surface area contributed by atoms with Gasteiger partial charge in [-0.15, -0.1) is 0 Å². The van der Waals surface area contributed by atoms with Crippen LogP contribution in [0.4, 0.5) is 11.4 Å². The molecule has 3 aromatic rings. The van der Waals surface area contributed by atoms with Crippen LogP contribution in [-0.4, -0.2) is 23.5 Å². The molecule has 144 valence electrons. The van der Waals surface area contributed by atoms with Crippen LogP contribution in [0.2, 0.25) is 0 Å². The van der Waals surface area contributed by atoms with E-state index >= 15 is 0 Å². The number of amides is 2. The van der Waals surface area contributed by atoms with E-state index in [1.54, 1.807) is 31.4 Å². The average molecular weight is 377 g/mol. The molecule has 0 fully saturated rings. The molecule has 0 radical (unpaired) electrons. The zero-order valence-corrected chi connectivity index (χ0v) is 16.4. The van der Waals surface area contributed by atoms with Gasteiger partial charge in [0.1, 0.15) is 5.75 Å². The summed E-state index contributed by atoms with van der Waals surface area (Å²) in [5.41, 5.74) is 4.74. The van der Waals surface area contributed by atoms with Gasteiger partial charge in [-0.2, -0.15) is 0 Å². The summed E-state index contributed by atoms with van der Waals surface area (Å²) in [6.07, 6.45) is 0. The van der Waals surface area contributed by atoms with Crippen LogP contribution in [0.5, 0.6) is 5.75 Å². The second-order valence-electron chi connectivity index (χ2n) is 6.53. The largest absolute Gasteiger partial charge is 0.497 e. The Morgan fingerprint density at radius 1 is 0.893 bits per heavy atom. The van der Waals surface area contributed by atoms with Crippen LogP contribution in [0.25, 0.3) is 5.69 Å². The third kappa shape index (κ3) is 4.06. The standard InChI is InChI=1S/C22H23N3O3/c1-14-13-21(15(2)25(14)19-9-11-20(28-4)12-10-19)22(27)24-18-7-5-17(6-8-18)23-16(3)26/h5-13H,1-4H3,(H,23,26)(H,24,27).